The number of benzene rings is 1. The van der Waals surface area contributed by atoms with Gasteiger partial charge in [-0.1, -0.05) is 18.2 Å². The van der Waals surface area contributed by atoms with Crippen LogP contribution in [0.15, 0.2) is 30.3 Å². The summed E-state index contributed by atoms with van der Waals surface area (Å²) < 4.78 is 1.79. The molecule has 1 aromatic carbocycles. The molecule has 3 rings (SSSR count). The van der Waals surface area contributed by atoms with Crippen molar-refractivity contribution in [3.63, 3.8) is 0 Å². The lowest BCUT2D eigenvalue weighted by Gasteiger charge is -2.05. The minimum Gasteiger partial charge on any atom is -0.310 e. The van der Waals surface area contributed by atoms with Crippen LogP contribution in [0.2, 0.25) is 0 Å². The van der Waals surface area contributed by atoms with E-state index in [1.807, 2.05) is 37.3 Å². The van der Waals surface area contributed by atoms with Gasteiger partial charge in [-0.05, 0) is 18.6 Å². The second-order valence-corrected chi connectivity index (χ2v) is 3.94. The first-order valence-electron chi connectivity index (χ1n) is 5.19. The summed E-state index contributed by atoms with van der Waals surface area (Å²) in [6.45, 7) is 1.91. The number of nitrogens with zero attached hydrogens (tertiary/aromatic N) is 2. The number of carbonyl (C=O) groups excluding carboxylic acids is 1. The van der Waals surface area contributed by atoms with Gasteiger partial charge in [0.2, 0.25) is 5.91 Å². The molecule has 16 heavy (non-hydrogen) atoms. The van der Waals surface area contributed by atoms with Gasteiger partial charge in [0.1, 0.15) is 5.82 Å². The molecule has 0 spiro atoms. The SMILES string of the molecule is Cc1cc2n(n1)-c1ccccc1CC(=O)N2. The number of anilines is 1. The Kier molecular flexibility index (Phi) is 1.83. The lowest BCUT2D eigenvalue weighted by molar-refractivity contribution is -0.115. The molecule has 0 bridgehead atoms. The molecule has 0 saturated heterocycles. The van der Waals surface area contributed by atoms with Gasteiger partial charge in [-0.15, -0.1) is 0 Å². The predicted molar refractivity (Wildman–Crippen MR) is 60.6 cm³/mol. The van der Waals surface area contributed by atoms with E-state index in [0.29, 0.717) is 6.42 Å². The monoisotopic (exact) mass is 213 g/mol. The van der Waals surface area contributed by atoms with E-state index >= 15 is 0 Å². The van der Waals surface area contributed by atoms with Crippen molar-refractivity contribution in [2.45, 2.75) is 13.3 Å². The van der Waals surface area contributed by atoms with E-state index < -0.39 is 0 Å². The third kappa shape index (κ3) is 1.31. The van der Waals surface area contributed by atoms with Gasteiger partial charge in [-0.25, -0.2) is 4.68 Å². The molecule has 1 amide bonds. The molecule has 0 saturated carbocycles. The molecule has 4 heteroatoms. The van der Waals surface area contributed by atoms with Gasteiger partial charge >= 0.3 is 0 Å². The predicted octanol–water partition coefficient (Wildman–Crippen LogP) is 1.68. The number of hydrogen-bond donors (Lipinski definition) is 1. The highest BCUT2D eigenvalue weighted by Gasteiger charge is 2.18. The number of carbonyl (C=O) groups is 1. The zero-order valence-electron chi connectivity index (χ0n) is 8.90. The number of hydrogen-bond acceptors (Lipinski definition) is 2. The minimum absolute atomic E-state index is 0.00565. The van der Waals surface area contributed by atoms with Crippen molar-refractivity contribution in [3.05, 3.63) is 41.6 Å². The molecule has 0 unspecified atom stereocenters. The average Bonchev–Trinajstić information content (AvgIpc) is 2.54. The summed E-state index contributed by atoms with van der Waals surface area (Å²) >= 11 is 0. The Morgan fingerprint density at radius 1 is 1.38 bits per heavy atom. The van der Waals surface area contributed by atoms with Gasteiger partial charge in [0.25, 0.3) is 0 Å². The summed E-state index contributed by atoms with van der Waals surface area (Å²) in [5.41, 5.74) is 2.87. The maximum Gasteiger partial charge on any atom is 0.230 e. The molecule has 0 atom stereocenters. The standard InChI is InChI=1S/C12H11N3O/c1-8-6-11-13-12(16)7-9-4-2-3-5-10(9)15(11)14-8/h2-6H,7H2,1H3,(H,13,16). The van der Waals surface area contributed by atoms with E-state index in [-0.39, 0.29) is 5.91 Å². The van der Waals surface area contributed by atoms with Crippen LogP contribution in [0.4, 0.5) is 5.82 Å². The molecule has 1 N–H and O–H groups in total. The molecule has 80 valence electrons. The lowest BCUT2D eigenvalue weighted by Crippen LogP contribution is -2.12. The van der Waals surface area contributed by atoms with Crippen molar-refractivity contribution < 1.29 is 4.79 Å². The fourth-order valence-electron chi connectivity index (χ4n) is 2.00. The van der Waals surface area contributed by atoms with Crippen LogP contribution in [0.5, 0.6) is 0 Å². The molecular weight excluding hydrogens is 202 g/mol. The second-order valence-electron chi connectivity index (χ2n) is 3.94. The summed E-state index contributed by atoms with van der Waals surface area (Å²) in [5.74, 6) is 0.749. The molecular formula is C12H11N3O. The van der Waals surface area contributed by atoms with Crippen LogP contribution >= 0.6 is 0 Å². The highest BCUT2D eigenvalue weighted by Crippen LogP contribution is 2.24. The zero-order chi connectivity index (χ0) is 11.1. The van der Waals surface area contributed by atoms with Crippen molar-refractivity contribution in [1.82, 2.24) is 9.78 Å². The highest BCUT2D eigenvalue weighted by molar-refractivity contribution is 5.93. The first-order chi connectivity index (χ1) is 7.74. The van der Waals surface area contributed by atoms with E-state index in [1.54, 1.807) is 4.68 Å². The molecule has 2 aromatic rings. The third-order valence-corrected chi connectivity index (χ3v) is 2.67. The van der Waals surface area contributed by atoms with Crippen LogP contribution in [0.1, 0.15) is 11.3 Å². The third-order valence-electron chi connectivity index (χ3n) is 2.67. The maximum absolute atomic E-state index is 11.7. The summed E-state index contributed by atoms with van der Waals surface area (Å²) in [5, 5.41) is 7.24. The van der Waals surface area contributed by atoms with Gasteiger partial charge in [-0.2, -0.15) is 5.10 Å². The number of amides is 1. The second kappa shape index (κ2) is 3.20. The number of aromatic nitrogens is 2. The van der Waals surface area contributed by atoms with Crippen LogP contribution in [0, 0.1) is 6.92 Å². The molecule has 1 aliphatic heterocycles. The maximum atomic E-state index is 11.7. The first kappa shape index (κ1) is 9.15. The minimum atomic E-state index is 0.00565. The fraction of sp³-hybridized carbons (Fsp3) is 0.167. The Labute approximate surface area is 92.9 Å². The Morgan fingerprint density at radius 2 is 2.19 bits per heavy atom. The van der Waals surface area contributed by atoms with Crippen molar-refractivity contribution in [2.24, 2.45) is 0 Å². The highest BCUT2D eigenvalue weighted by atomic mass is 16.1. The van der Waals surface area contributed by atoms with Gasteiger partial charge in [0.15, 0.2) is 0 Å². The van der Waals surface area contributed by atoms with Gasteiger partial charge < -0.3 is 5.32 Å². The quantitative estimate of drug-likeness (QED) is 0.723. The zero-order valence-corrected chi connectivity index (χ0v) is 8.90. The van der Waals surface area contributed by atoms with Crippen molar-refractivity contribution >= 4 is 11.7 Å². The van der Waals surface area contributed by atoms with Gasteiger partial charge in [0.05, 0.1) is 17.8 Å². The van der Waals surface area contributed by atoms with Crippen molar-refractivity contribution in [2.75, 3.05) is 5.32 Å². The Balaban J connectivity index is 2.29. The topological polar surface area (TPSA) is 46.9 Å². The number of rotatable bonds is 0. The number of aryl methyl sites for hydroxylation is 1. The number of nitrogens with one attached hydrogen (secondary N) is 1. The van der Waals surface area contributed by atoms with E-state index in [4.69, 9.17) is 0 Å². The molecule has 0 aliphatic carbocycles. The summed E-state index contributed by atoms with van der Waals surface area (Å²) in [6, 6.07) is 9.70. The van der Waals surface area contributed by atoms with Crippen molar-refractivity contribution in [3.8, 4) is 5.69 Å². The Bertz CT molecular complexity index is 571. The van der Waals surface area contributed by atoms with Crippen LogP contribution in [-0.2, 0) is 11.2 Å². The molecule has 4 nitrogen and oxygen atoms in total. The Morgan fingerprint density at radius 3 is 3.06 bits per heavy atom. The largest absolute Gasteiger partial charge is 0.310 e. The van der Waals surface area contributed by atoms with Crippen LogP contribution in [0.3, 0.4) is 0 Å². The van der Waals surface area contributed by atoms with E-state index in [9.17, 15) is 4.79 Å². The molecule has 0 radical (unpaired) electrons. The summed E-state index contributed by atoms with van der Waals surface area (Å²) in [6.07, 6.45) is 0.401. The van der Waals surface area contributed by atoms with E-state index in [2.05, 4.69) is 10.4 Å². The number of para-hydroxylation sites is 1. The molecule has 2 heterocycles. The van der Waals surface area contributed by atoms with Gasteiger partial charge in [-0.3, -0.25) is 4.79 Å². The van der Waals surface area contributed by atoms with Gasteiger partial charge in [0, 0.05) is 6.07 Å². The average molecular weight is 213 g/mol. The number of fused-ring (bicyclic) bond motifs is 3. The lowest BCUT2D eigenvalue weighted by atomic mass is 10.1. The summed E-state index contributed by atoms with van der Waals surface area (Å²) in [4.78, 5) is 11.7. The Hall–Kier alpha value is -2.10. The van der Waals surface area contributed by atoms with Crippen LogP contribution in [0.25, 0.3) is 5.69 Å². The van der Waals surface area contributed by atoms with Crippen LogP contribution in [-0.4, -0.2) is 15.7 Å². The molecule has 1 aliphatic rings. The van der Waals surface area contributed by atoms with Crippen LogP contribution < -0.4 is 5.32 Å². The van der Waals surface area contributed by atoms with Crippen molar-refractivity contribution in [1.29, 1.82) is 0 Å². The fourth-order valence-corrected chi connectivity index (χ4v) is 2.00. The van der Waals surface area contributed by atoms with E-state index in [0.717, 1.165) is 22.8 Å². The van der Waals surface area contributed by atoms with E-state index in [1.165, 1.54) is 0 Å². The normalized spacial score (nSPS) is 13.7. The molecule has 0 fully saturated rings. The molecule has 1 aromatic heterocycles. The first-order valence-corrected chi connectivity index (χ1v) is 5.19. The smallest absolute Gasteiger partial charge is 0.230 e. The summed E-state index contributed by atoms with van der Waals surface area (Å²) in [7, 11) is 0.